The van der Waals surface area contributed by atoms with E-state index in [0.717, 1.165) is 66.6 Å². The standard InChI is InChI=1S/C26H32N4O2.C2HF3O2/c1-18-4-2-3-5-20(18)14-23(31)29-11-8-22-21(16-29)24(32)30-13-10-26(25(30)27-22)9-12-28(17-26)15-19-6-7-19;3-2(4,5)1(6)7/h2-5,19H,6-17H2,1H3;(H,6,7). The highest BCUT2D eigenvalue weighted by molar-refractivity contribution is 5.79. The van der Waals surface area contributed by atoms with E-state index in [0.29, 0.717) is 25.9 Å². The van der Waals surface area contributed by atoms with Crippen molar-refractivity contribution in [3.8, 4) is 0 Å². The molecule has 1 saturated heterocycles. The van der Waals surface area contributed by atoms with Gasteiger partial charge in [-0.1, -0.05) is 24.3 Å². The van der Waals surface area contributed by atoms with Gasteiger partial charge in [-0.15, -0.1) is 0 Å². The summed E-state index contributed by atoms with van der Waals surface area (Å²) in [7, 11) is 0. The molecule has 1 unspecified atom stereocenters. The third kappa shape index (κ3) is 5.73. The zero-order valence-corrected chi connectivity index (χ0v) is 22.0. The van der Waals surface area contributed by atoms with Crippen molar-refractivity contribution in [3.63, 3.8) is 0 Å². The van der Waals surface area contributed by atoms with Gasteiger partial charge in [-0.2, -0.15) is 13.2 Å². The fourth-order valence-electron chi connectivity index (χ4n) is 6.03. The van der Waals surface area contributed by atoms with E-state index in [1.54, 1.807) is 0 Å². The van der Waals surface area contributed by atoms with Gasteiger partial charge in [0.2, 0.25) is 5.91 Å². The van der Waals surface area contributed by atoms with E-state index in [9.17, 15) is 22.8 Å². The normalized spacial score (nSPS) is 22.3. The molecule has 6 rings (SSSR count). The summed E-state index contributed by atoms with van der Waals surface area (Å²) in [5.74, 6) is -0.738. The molecule has 210 valence electrons. The Morgan fingerprint density at radius 3 is 2.49 bits per heavy atom. The molecule has 1 amide bonds. The van der Waals surface area contributed by atoms with E-state index in [-0.39, 0.29) is 16.9 Å². The quantitative estimate of drug-likeness (QED) is 0.634. The zero-order chi connectivity index (χ0) is 27.9. The third-order valence-corrected chi connectivity index (χ3v) is 8.45. The van der Waals surface area contributed by atoms with E-state index >= 15 is 0 Å². The number of halogens is 3. The molecule has 1 spiro atoms. The summed E-state index contributed by atoms with van der Waals surface area (Å²) in [5.41, 5.74) is 4.02. The first-order chi connectivity index (χ1) is 18.5. The van der Waals surface area contributed by atoms with Gasteiger partial charge in [0.05, 0.1) is 24.2 Å². The van der Waals surface area contributed by atoms with Crippen molar-refractivity contribution in [1.82, 2.24) is 19.4 Å². The number of alkyl halides is 3. The largest absolute Gasteiger partial charge is 0.490 e. The number of rotatable bonds is 4. The number of nitrogens with zero attached hydrogens (tertiary/aromatic N) is 4. The molecule has 1 aliphatic carbocycles. The predicted octanol–water partition coefficient (Wildman–Crippen LogP) is 3.07. The van der Waals surface area contributed by atoms with E-state index < -0.39 is 12.1 Å². The molecular formula is C28H33F3N4O4. The van der Waals surface area contributed by atoms with Crippen molar-refractivity contribution in [1.29, 1.82) is 0 Å². The van der Waals surface area contributed by atoms with Crippen molar-refractivity contribution < 1.29 is 27.9 Å². The summed E-state index contributed by atoms with van der Waals surface area (Å²) in [6, 6.07) is 8.03. The topological polar surface area (TPSA) is 95.7 Å². The van der Waals surface area contributed by atoms with Crippen LogP contribution in [-0.4, -0.2) is 68.7 Å². The average Bonchev–Trinajstić information content (AvgIpc) is 3.51. The Balaban J connectivity index is 0.000000392. The number of likely N-dealkylation sites (tertiary alicyclic amines) is 1. The van der Waals surface area contributed by atoms with Crippen LogP contribution in [0.15, 0.2) is 29.1 Å². The number of aliphatic carboxylic acids is 1. The molecule has 1 N–H and O–H groups in total. The van der Waals surface area contributed by atoms with Crippen LogP contribution in [0.1, 0.15) is 53.9 Å². The summed E-state index contributed by atoms with van der Waals surface area (Å²) in [6.45, 7) is 7.25. The van der Waals surface area contributed by atoms with E-state index in [1.165, 1.54) is 19.4 Å². The van der Waals surface area contributed by atoms with E-state index in [1.807, 2.05) is 40.7 Å². The first-order valence-corrected chi connectivity index (χ1v) is 13.4. The highest BCUT2D eigenvalue weighted by Crippen LogP contribution is 2.42. The van der Waals surface area contributed by atoms with Crippen LogP contribution < -0.4 is 5.56 Å². The van der Waals surface area contributed by atoms with Gasteiger partial charge in [0.15, 0.2) is 0 Å². The van der Waals surface area contributed by atoms with Crippen LogP contribution in [0.3, 0.4) is 0 Å². The Bertz CT molecular complexity index is 1340. The smallest absolute Gasteiger partial charge is 0.475 e. The molecule has 4 heterocycles. The van der Waals surface area contributed by atoms with Crippen molar-refractivity contribution in [3.05, 3.63) is 62.8 Å². The first kappa shape index (κ1) is 27.4. The Morgan fingerprint density at radius 1 is 1.13 bits per heavy atom. The molecule has 2 aromatic rings. The van der Waals surface area contributed by atoms with Crippen molar-refractivity contribution in [2.45, 2.75) is 70.1 Å². The molecule has 11 heteroatoms. The van der Waals surface area contributed by atoms with Crippen LogP contribution in [0, 0.1) is 12.8 Å². The minimum atomic E-state index is -5.08. The van der Waals surface area contributed by atoms with Gasteiger partial charge in [0.25, 0.3) is 5.56 Å². The van der Waals surface area contributed by atoms with Crippen LogP contribution in [0.4, 0.5) is 13.2 Å². The molecule has 0 radical (unpaired) electrons. The second-order valence-electron chi connectivity index (χ2n) is 11.2. The number of carbonyl (C=O) groups is 2. The summed E-state index contributed by atoms with van der Waals surface area (Å²) in [6.07, 6.45) is 0.886. The lowest BCUT2D eigenvalue weighted by atomic mass is 9.85. The fraction of sp³-hybridized carbons (Fsp3) is 0.571. The lowest BCUT2D eigenvalue weighted by molar-refractivity contribution is -0.192. The Labute approximate surface area is 224 Å². The minimum absolute atomic E-state index is 0.0564. The molecule has 0 bridgehead atoms. The molecule has 2 fully saturated rings. The lowest BCUT2D eigenvalue weighted by Gasteiger charge is -2.30. The Kier molecular flexibility index (Phi) is 7.30. The minimum Gasteiger partial charge on any atom is -0.475 e. The molecule has 1 atom stereocenters. The van der Waals surface area contributed by atoms with Gasteiger partial charge in [-0.3, -0.25) is 14.2 Å². The highest BCUT2D eigenvalue weighted by Gasteiger charge is 2.47. The monoisotopic (exact) mass is 546 g/mol. The maximum atomic E-state index is 13.5. The molecule has 4 aliphatic rings. The number of amides is 1. The summed E-state index contributed by atoms with van der Waals surface area (Å²) in [5, 5.41) is 7.12. The van der Waals surface area contributed by atoms with E-state index in [4.69, 9.17) is 14.9 Å². The van der Waals surface area contributed by atoms with Crippen molar-refractivity contribution in [2.75, 3.05) is 26.2 Å². The van der Waals surface area contributed by atoms with Crippen LogP contribution in [-0.2, 0) is 40.9 Å². The van der Waals surface area contributed by atoms with Gasteiger partial charge in [0, 0.05) is 38.0 Å². The number of carboxylic acids is 1. The predicted molar refractivity (Wildman–Crippen MR) is 136 cm³/mol. The third-order valence-electron chi connectivity index (χ3n) is 8.45. The maximum absolute atomic E-state index is 13.5. The first-order valence-electron chi connectivity index (χ1n) is 13.4. The number of hydrogen-bond acceptors (Lipinski definition) is 5. The molecule has 8 nitrogen and oxygen atoms in total. The molecule has 1 aromatic heterocycles. The van der Waals surface area contributed by atoms with Gasteiger partial charge < -0.3 is 14.9 Å². The molecule has 3 aliphatic heterocycles. The van der Waals surface area contributed by atoms with E-state index in [2.05, 4.69) is 4.90 Å². The van der Waals surface area contributed by atoms with Crippen LogP contribution in [0.25, 0.3) is 0 Å². The number of benzene rings is 1. The van der Waals surface area contributed by atoms with Crippen LogP contribution in [0.2, 0.25) is 0 Å². The number of aromatic nitrogens is 2. The molecule has 1 aromatic carbocycles. The molecular weight excluding hydrogens is 513 g/mol. The molecule has 1 saturated carbocycles. The SMILES string of the molecule is Cc1ccccc1CC(=O)N1CCc2nc3n(c(=O)c2C1)CCC31CCN(CC2CC2)C1.O=C(O)C(F)(F)F. The summed E-state index contributed by atoms with van der Waals surface area (Å²) < 4.78 is 33.7. The van der Waals surface area contributed by atoms with Gasteiger partial charge in [-0.05, 0) is 56.2 Å². The van der Waals surface area contributed by atoms with Gasteiger partial charge >= 0.3 is 12.1 Å². The fourth-order valence-corrected chi connectivity index (χ4v) is 6.03. The number of fused-ring (bicyclic) bond motifs is 3. The highest BCUT2D eigenvalue weighted by atomic mass is 19.4. The second-order valence-corrected chi connectivity index (χ2v) is 11.2. The van der Waals surface area contributed by atoms with Crippen molar-refractivity contribution >= 4 is 11.9 Å². The number of carbonyl (C=O) groups excluding carboxylic acids is 1. The Morgan fingerprint density at radius 2 is 1.82 bits per heavy atom. The summed E-state index contributed by atoms with van der Waals surface area (Å²) in [4.78, 5) is 44.9. The number of hydrogen-bond donors (Lipinski definition) is 1. The second kappa shape index (κ2) is 10.4. The average molecular weight is 547 g/mol. The van der Waals surface area contributed by atoms with Crippen LogP contribution in [0.5, 0.6) is 0 Å². The zero-order valence-electron chi connectivity index (χ0n) is 22.0. The van der Waals surface area contributed by atoms with Crippen molar-refractivity contribution in [2.24, 2.45) is 5.92 Å². The Hall–Kier alpha value is -3.21. The number of aryl methyl sites for hydroxylation is 1. The number of carboxylic acid groups (broad SMARTS) is 1. The van der Waals surface area contributed by atoms with Gasteiger partial charge in [0.1, 0.15) is 5.82 Å². The van der Waals surface area contributed by atoms with Crippen LogP contribution >= 0.6 is 0 Å². The lowest BCUT2D eigenvalue weighted by Crippen LogP contribution is -2.42. The molecule has 39 heavy (non-hydrogen) atoms. The maximum Gasteiger partial charge on any atom is 0.490 e. The summed E-state index contributed by atoms with van der Waals surface area (Å²) >= 11 is 0. The van der Waals surface area contributed by atoms with Gasteiger partial charge in [-0.25, -0.2) is 9.78 Å².